The third-order valence-corrected chi connectivity index (χ3v) is 2.05. The summed E-state index contributed by atoms with van der Waals surface area (Å²) in [5, 5.41) is 16.0. The first kappa shape index (κ1) is 22.1. The Labute approximate surface area is 108 Å². The van der Waals surface area contributed by atoms with Gasteiger partial charge in [0, 0.05) is 13.2 Å². The first-order valence-corrected chi connectivity index (χ1v) is 6.55. The second kappa shape index (κ2) is 21.2. The molecule has 0 aromatic heterocycles. The second-order valence-corrected chi connectivity index (χ2v) is 4.06. The molecule has 0 rings (SSSR count). The minimum atomic E-state index is -0.560. The van der Waals surface area contributed by atoms with E-state index in [-0.39, 0.29) is 14.0 Å². The molecule has 0 heterocycles. The Balaban J connectivity index is -0.000000280. The molecule has 0 aliphatic rings. The van der Waals surface area contributed by atoms with Gasteiger partial charge in [-0.1, -0.05) is 47.0 Å². The van der Waals surface area contributed by atoms with Gasteiger partial charge in [-0.15, -0.1) is 0 Å². The smallest absolute Gasteiger partial charge is 0.0742 e. The Morgan fingerprint density at radius 1 is 0.941 bits per heavy atom. The average molecular weight is 250 g/mol. The number of hydrogen-bond donors (Lipinski definition) is 2. The molecule has 0 saturated heterocycles. The van der Waals surface area contributed by atoms with Crippen LogP contribution in [-0.2, 0) is 4.74 Å². The van der Waals surface area contributed by atoms with Crippen LogP contribution in [0.25, 0.3) is 0 Å². The molecule has 0 aliphatic heterocycles. The second-order valence-electron chi connectivity index (χ2n) is 4.06. The van der Waals surface area contributed by atoms with E-state index < -0.39 is 6.10 Å². The van der Waals surface area contributed by atoms with E-state index in [2.05, 4.69) is 13.8 Å². The van der Waals surface area contributed by atoms with Crippen molar-refractivity contribution in [2.75, 3.05) is 19.8 Å². The summed E-state index contributed by atoms with van der Waals surface area (Å²) in [5.41, 5.74) is 0. The highest BCUT2D eigenvalue weighted by Gasteiger charge is 1.88. The van der Waals surface area contributed by atoms with Gasteiger partial charge in [0.1, 0.15) is 0 Å². The quantitative estimate of drug-likeness (QED) is 0.617. The summed E-state index contributed by atoms with van der Waals surface area (Å²) in [6.45, 7) is 7.77. The first-order valence-electron chi connectivity index (χ1n) is 6.55. The molecule has 17 heavy (non-hydrogen) atoms. The fourth-order valence-corrected chi connectivity index (χ4v) is 1.01. The summed E-state index contributed by atoms with van der Waals surface area (Å²) in [7, 11) is 0. The fourth-order valence-electron chi connectivity index (χ4n) is 1.01. The molecule has 0 aromatic rings. The molecule has 108 valence electrons. The van der Waals surface area contributed by atoms with E-state index in [0.29, 0.717) is 0 Å². The first-order chi connectivity index (χ1) is 7.68. The highest BCUT2D eigenvalue weighted by molar-refractivity contribution is 4.38. The molecule has 0 radical (unpaired) electrons. The van der Waals surface area contributed by atoms with E-state index in [1.54, 1.807) is 0 Å². The molecule has 1 atom stereocenters. The molecule has 0 spiro atoms. The van der Waals surface area contributed by atoms with Gasteiger partial charge in [0.2, 0.25) is 0 Å². The number of ether oxygens (including phenoxy) is 1. The van der Waals surface area contributed by atoms with Crippen molar-refractivity contribution in [1.29, 1.82) is 0 Å². The van der Waals surface area contributed by atoms with Crippen LogP contribution in [0.1, 0.15) is 66.7 Å². The van der Waals surface area contributed by atoms with Crippen molar-refractivity contribution in [3.63, 3.8) is 0 Å². The van der Waals surface area contributed by atoms with Gasteiger partial charge >= 0.3 is 0 Å². The van der Waals surface area contributed by atoms with E-state index in [1.165, 1.54) is 45.4 Å². The van der Waals surface area contributed by atoms with Gasteiger partial charge in [0.05, 0.1) is 12.7 Å². The lowest BCUT2D eigenvalue weighted by Crippen LogP contribution is -2.03. The number of aliphatic hydroxyl groups excluding tert-OH is 2. The number of aliphatic hydroxyl groups is 2. The summed E-state index contributed by atoms with van der Waals surface area (Å²) < 4.78 is 5.44. The van der Waals surface area contributed by atoms with E-state index in [9.17, 15) is 0 Å². The largest absolute Gasteiger partial charge is 0.394 e. The summed E-state index contributed by atoms with van der Waals surface area (Å²) in [6, 6.07) is 0. The van der Waals surface area contributed by atoms with Gasteiger partial charge in [0.25, 0.3) is 0 Å². The maximum absolute atomic E-state index is 8.11. The SMILES string of the molecule is C.CC(O)CO.CCCCCOCCCCC. The van der Waals surface area contributed by atoms with E-state index in [4.69, 9.17) is 14.9 Å². The van der Waals surface area contributed by atoms with Crippen molar-refractivity contribution < 1.29 is 14.9 Å². The van der Waals surface area contributed by atoms with Crippen LogP contribution in [0.3, 0.4) is 0 Å². The van der Waals surface area contributed by atoms with Crippen LogP contribution in [0.5, 0.6) is 0 Å². The molecule has 3 nitrogen and oxygen atoms in total. The molecule has 3 heteroatoms. The third kappa shape index (κ3) is 31.3. The van der Waals surface area contributed by atoms with Gasteiger partial charge in [-0.25, -0.2) is 0 Å². The monoisotopic (exact) mass is 250 g/mol. The lowest BCUT2D eigenvalue weighted by Gasteiger charge is -2.01. The number of unbranched alkanes of at least 4 members (excludes halogenated alkanes) is 4. The lowest BCUT2D eigenvalue weighted by molar-refractivity contribution is 0.110. The van der Waals surface area contributed by atoms with Crippen LogP contribution in [-0.4, -0.2) is 36.1 Å². The van der Waals surface area contributed by atoms with E-state index in [1.807, 2.05) is 0 Å². The maximum atomic E-state index is 8.11. The predicted octanol–water partition coefficient (Wildman–Crippen LogP) is 3.38. The van der Waals surface area contributed by atoms with Crippen molar-refractivity contribution in [2.45, 2.75) is 72.8 Å². The van der Waals surface area contributed by atoms with E-state index in [0.717, 1.165) is 13.2 Å². The van der Waals surface area contributed by atoms with Gasteiger partial charge in [-0.2, -0.15) is 0 Å². The predicted molar refractivity (Wildman–Crippen MR) is 75.4 cm³/mol. The molecule has 0 bridgehead atoms. The molecule has 0 amide bonds. The zero-order chi connectivity index (χ0) is 12.6. The number of hydrogen-bond acceptors (Lipinski definition) is 3. The summed E-state index contributed by atoms with van der Waals surface area (Å²) in [4.78, 5) is 0. The van der Waals surface area contributed by atoms with Gasteiger partial charge in [-0.05, 0) is 19.8 Å². The van der Waals surface area contributed by atoms with Crippen molar-refractivity contribution >= 4 is 0 Å². The molecule has 1 unspecified atom stereocenters. The fraction of sp³-hybridized carbons (Fsp3) is 1.00. The molecular weight excluding hydrogens is 216 g/mol. The maximum Gasteiger partial charge on any atom is 0.0742 e. The Hall–Kier alpha value is -0.120. The molecule has 0 fully saturated rings. The minimum absolute atomic E-state index is 0. The van der Waals surface area contributed by atoms with Crippen LogP contribution >= 0.6 is 0 Å². The van der Waals surface area contributed by atoms with Crippen LogP contribution in [0.2, 0.25) is 0 Å². The van der Waals surface area contributed by atoms with Crippen molar-refractivity contribution in [2.24, 2.45) is 0 Å². The Kier molecular flexibility index (Phi) is 27.5. The Bertz CT molecular complexity index is 97.6. The third-order valence-electron chi connectivity index (χ3n) is 2.05. The average Bonchev–Trinajstić information content (AvgIpc) is 2.29. The highest BCUT2D eigenvalue weighted by Crippen LogP contribution is 1.97. The van der Waals surface area contributed by atoms with Crippen LogP contribution in [0, 0.1) is 0 Å². The minimum Gasteiger partial charge on any atom is -0.394 e. The standard InChI is InChI=1S/C10H22O.C3H8O2.CH4/c1-3-5-7-9-11-10-8-6-4-2;1-3(5)2-4;/h3-10H2,1-2H3;3-5H,2H2,1H3;1H4. The van der Waals surface area contributed by atoms with Crippen LogP contribution < -0.4 is 0 Å². The highest BCUT2D eigenvalue weighted by atomic mass is 16.5. The van der Waals surface area contributed by atoms with Crippen molar-refractivity contribution in [1.82, 2.24) is 0 Å². The van der Waals surface area contributed by atoms with Crippen molar-refractivity contribution in [3.8, 4) is 0 Å². The zero-order valence-electron chi connectivity index (χ0n) is 11.2. The zero-order valence-corrected chi connectivity index (χ0v) is 11.2. The summed E-state index contributed by atoms with van der Waals surface area (Å²) in [5.74, 6) is 0. The molecule has 0 aliphatic carbocycles. The van der Waals surface area contributed by atoms with Gasteiger partial charge < -0.3 is 14.9 Å². The molecular formula is C14H34O3. The molecule has 0 aromatic carbocycles. The van der Waals surface area contributed by atoms with E-state index >= 15 is 0 Å². The van der Waals surface area contributed by atoms with Crippen molar-refractivity contribution in [3.05, 3.63) is 0 Å². The lowest BCUT2D eigenvalue weighted by atomic mass is 10.2. The summed E-state index contributed by atoms with van der Waals surface area (Å²) in [6.07, 6.45) is 7.12. The normalized spacial score (nSPS) is 11.1. The van der Waals surface area contributed by atoms with Crippen LogP contribution in [0.4, 0.5) is 0 Å². The van der Waals surface area contributed by atoms with Crippen LogP contribution in [0.15, 0.2) is 0 Å². The Morgan fingerprint density at radius 2 is 1.29 bits per heavy atom. The molecule has 0 saturated carbocycles. The van der Waals surface area contributed by atoms with Gasteiger partial charge in [0.15, 0.2) is 0 Å². The van der Waals surface area contributed by atoms with Gasteiger partial charge in [-0.3, -0.25) is 0 Å². The molecule has 2 N–H and O–H groups in total. The number of rotatable bonds is 9. The topological polar surface area (TPSA) is 49.7 Å². The summed E-state index contributed by atoms with van der Waals surface area (Å²) >= 11 is 0. The Morgan fingerprint density at radius 3 is 1.53 bits per heavy atom.